The second-order valence-corrected chi connectivity index (χ2v) is 12.9. The third-order valence-electron chi connectivity index (χ3n) is 8.67. The quantitative estimate of drug-likeness (QED) is 0.277. The Morgan fingerprint density at radius 1 is 1.09 bits per heavy atom. The molecule has 0 unspecified atom stereocenters. The first-order chi connectivity index (χ1) is 20.7. The van der Waals surface area contributed by atoms with Crippen LogP contribution in [0.15, 0.2) is 42.5 Å². The molecule has 2 aliphatic rings. The predicted molar refractivity (Wildman–Crippen MR) is 172 cm³/mol. The summed E-state index contributed by atoms with van der Waals surface area (Å²) in [7, 11) is 5.35. The van der Waals surface area contributed by atoms with Crippen LogP contribution in [0.3, 0.4) is 0 Å². The van der Waals surface area contributed by atoms with Crippen LogP contribution in [0.1, 0.15) is 69.1 Å². The Labute approximate surface area is 259 Å². The monoisotopic (exact) mass is 595 g/mol. The number of fused-ring (bicyclic) bond motifs is 1. The molecule has 1 saturated heterocycles. The number of ether oxygens (including phenoxy) is 4. The minimum atomic E-state index is -0.447. The number of methoxy groups -OCH3 is 1. The number of benzene rings is 2. The van der Waals surface area contributed by atoms with Gasteiger partial charge in [0.15, 0.2) is 0 Å². The maximum Gasteiger partial charge on any atom is 0.227 e. The standard InChI is InChI=1S/C35H53N3O5/c1-7-8-15-38-16-17-42-32-14-11-27(20-31(32)38)25-43-33-23-36-29(22-35(2,3)34(39)37(4)5)21-30(33)28-12-9-26(10-13-28)24-41-19-18-40-6/h9-14,20,29-30,33,36H,7-8,15-19,21-25H2,1-6H3/t29-,30-,33+/m1/s1. The van der Waals surface area contributed by atoms with Crippen LogP contribution >= 0.6 is 0 Å². The fourth-order valence-corrected chi connectivity index (χ4v) is 6.34. The minimum absolute atomic E-state index is 0.0104. The van der Waals surface area contributed by atoms with Gasteiger partial charge in [-0.25, -0.2) is 0 Å². The third kappa shape index (κ3) is 9.17. The van der Waals surface area contributed by atoms with Crippen LogP contribution in [-0.2, 0) is 32.2 Å². The fourth-order valence-electron chi connectivity index (χ4n) is 6.34. The highest BCUT2D eigenvalue weighted by molar-refractivity contribution is 5.81. The van der Waals surface area contributed by atoms with Crippen molar-refractivity contribution in [3.8, 4) is 5.75 Å². The van der Waals surface area contributed by atoms with Gasteiger partial charge in [0.2, 0.25) is 5.91 Å². The number of amides is 1. The van der Waals surface area contributed by atoms with Gasteiger partial charge in [-0.2, -0.15) is 0 Å². The number of rotatable bonds is 15. The van der Waals surface area contributed by atoms with Crippen molar-refractivity contribution in [2.75, 3.05) is 65.6 Å². The number of hydrogen-bond acceptors (Lipinski definition) is 7. The van der Waals surface area contributed by atoms with Gasteiger partial charge in [-0.05, 0) is 48.1 Å². The number of carbonyl (C=O) groups excluding carboxylic acids is 1. The van der Waals surface area contributed by atoms with E-state index in [1.807, 2.05) is 14.1 Å². The number of anilines is 1. The Balaban J connectivity index is 1.47. The molecule has 0 spiro atoms. The van der Waals surface area contributed by atoms with Crippen molar-refractivity contribution < 1.29 is 23.7 Å². The molecule has 1 N–H and O–H groups in total. The predicted octanol–water partition coefficient (Wildman–Crippen LogP) is 5.38. The highest BCUT2D eigenvalue weighted by Gasteiger charge is 2.38. The third-order valence-corrected chi connectivity index (χ3v) is 8.67. The van der Waals surface area contributed by atoms with E-state index in [0.717, 1.165) is 56.0 Å². The Bertz CT molecular complexity index is 1150. The zero-order valence-corrected chi connectivity index (χ0v) is 27.2. The second kappa shape index (κ2) is 15.9. The summed E-state index contributed by atoms with van der Waals surface area (Å²) in [6, 6.07) is 15.4. The molecule has 0 radical (unpaired) electrons. The minimum Gasteiger partial charge on any atom is -0.490 e. The summed E-state index contributed by atoms with van der Waals surface area (Å²) in [5, 5.41) is 3.73. The molecular weight excluding hydrogens is 542 g/mol. The molecular formula is C35H53N3O5. The molecule has 0 bridgehead atoms. The van der Waals surface area contributed by atoms with Crippen LogP contribution in [0.25, 0.3) is 0 Å². The molecule has 8 nitrogen and oxygen atoms in total. The first kappa shape index (κ1) is 33.2. The first-order valence-corrected chi connectivity index (χ1v) is 15.9. The summed E-state index contributed by atoms with van der Waals surface area (Å²) in [5.41, 5.74) is 4.29. The molecule has 2 aliphatic heterocycles. The summed E-state index contributed by atoms with van der Waals surface area (Å²) in [5.74, 6) is 1.33. The van der Waals surface area contributed by atoms with E-state index in [1.165, 1.54) is 24.1 Å². The van der Waals surface area contributed by atoms with E-state index in [2.05, 4.69) is 73.5 Å². The van der Waals surface area contributed by atoms with Crippen molar-refractivity contribution in [3.05, 3.63) is 59.2 Å². The van der Waals surface area contributed by atoms with Crippen LogP contribution in [0.5, 0.6) is 5.75 Å². The molecule has 2 aromatic rings. The molecule has 1 fully saturated rings. The number of hydrogen-bond donors (Lipinski definition) is 1. The van der Waals surface area contributed by atoms with Crippen molar-refractivity contribution in [2.24, 2.45) is 5.41 Å². The van der Waals surface area contributed by atoms with Gasteiger partial charge in [0.05, 0.1) is 44.8 Å². The van der Waals surface area contributed by atoms with Crippen LogP contribution in [0.4, 0.5) is 5.69 Å². The number of unbranched alkanes of at least 4 members (excludes halogenated alkanes) is 1. The maximum absolute atomic E-state index is 12.9. The first-order valence-electron chi connectivity index (χ1n) is 15.9. The van der Waals surface area contributed by atoms with Crippen molar-refractivity contribution in [1.82, 2.24) is 10.2 Å². The average Bonchev–Trinajstić information content (AvgIpc) is 3.01. The molecule has 0 saturated carbocycles. The van der Waals surface area contributed by atoms with Crippen molar-refractivity contribution in [1.29, 1.82) is 0 Å². The fraction of sp³-hybridized carbons (Fsp3) is 0.629. The van der Waals surface area contributed by atoms with E-state index in [0.29, 0.717) is 26.4 Å². The lowest BCUT2D eigenvalue weighted by atomic mass is 9.77. The smallest absolute Gasteiger partial charge is 0.227 e. The van der Waals surface area contributed by atoms with Gasteiger partial charge in [0.1, 0.15) is 12.4 Å². The summed E-state index contributed by atoms with van der Waals surface area (Å²) < 4.78 is 23.5. The topological polar surface area (TPSA) is 72.5 Å². The van der Waals surface area contributed by atoms with E-state index in [4.69, 9.17) is 18.9 Å². The van der Waals surface area contributed by atoms with Gasteiger partial charge in [-0.3, -0.25) is 4.79 Å². The molecule has 1 amide bonds. The molecule has 3 atom stereocenters. The van der Waals surface area contributed by atoms with E-state index in [-0.39, 0.29) is 24.0 Å². The highest BCUT2D eigenvalue weighted by Crippen LogP contribution is 2.37. The van der Waals surface area contributed by atoms with Crippen LogP contribution in [-0.4, -0.2) is 83.6 Å². The molecule has 43 heavy (non-hydrogen) atoms. The maximum atomic E-state index is 12.9. The van der Waals surface area contributed by atoms with E-state index >= 15 is 0 Å². The van der Waals surface area contributed by atoms with Gasteiger partial charge in [0, 0.05) is 51.7 Å². The lowest BCUT2D eigenvalue weighted by molar-refractivity contribution is -0.138. The zero-order valence-electron chi connectivity index (χ0n) is 27.2. The van der Waals surface area contributed by atoms with Gasteiger partial charge in [-0.1, -0.05) is 57.5 Å². The van der Waals surface area contributed by atoms with Crippen LogP contribution < -0.4 is 15.0 Å². The van der Waals surface area contributed by atoms with E-state index in [9.17, 15) is 4.79 Å². The summed E-state index contributed by atoms with van der Waals surface area (Å²) in [4.78, 5) is 17.0. The number of piperidine rings is 1. The van der Waals surface area contributed by atoms with Crippen molar-refractivity contribution in [2.45, 2.75) is 77.7 Å². The van der Waals surface area contributed by atoms with Gasteiger partial charge >= 0.3 is 0 Å². The average molecular weight is 596 g/mol. The SMILES string of the molecule is CCCCN1CCOc2ccc(CO[C@H]3CN[C@@H](CC(C)(C)C(=O)N(C)C)C[C@@H]3c3ccc(COCCOC)cc3)cc21. The van der Waals surface area contributed by atoms with E-state index in [1.54, 1.807) is 12.0 Å². The number of nitrogens with one attached hydrogen (secondary N) is 1. The lowest BCUT2D eigenvalue weighted by Gasteiger charge is -2.40. The summed E-state index contributed by atoms with van der Waals surface area (Å²) in [6.07, 6.45) is 4.04. The van der Waals surface area contributed by atoms with Crippen LogP contribution in [0, 0.1) is 5.41 Å². The molecule has 2 heterocycles. The van der Waals surface area contributed by atoms with Gasteiger partial charge < -0.3 is 34.1 Å². The molecule has 238 valence electrons. The Hall–Kier alpha value is -2.65. The lowest BCUT2D eigenvalue weighted by Crippen LogP contribution is -2.50. The molecule has 0 aliphatic carbocycles. The normalized spacial score (nSPS) is 20.4. The van der Waals surface area contributed by atoms with Gasteiger partial charge in [-0.15, -0.1) is 0 Å². The van der Waals surface area contributed by atoms with E-state index < -0.39 is 5.41 Å². The summed E-state index contributed by atoms with van der Waals surface area (Å²) >= 11 is 0. The molecule has 2 aromatic carbocycles. The number of carbonyl (C=O) groups is 1. The largest absolute Gasteiger partial charge is 0.490 e. The Morgan fingerprint density at radius 3 is 2.58 bits per heavy atom. The Kier molecular flexibility index (Phi) is 12.3. The highest BCUT2D eigenvalue weighted by atomic mass is 16.5. The molecule has 0 aromatic heterocycles. The van der Waals surface area contributed by atoms with Gasteiger partial charge in [0.25, 0.3) is 0 Å². The van der Waals surface area contributed by atoms with Crippen molar-refractivity contribution in [3.63, 3.8) is 0 Å². The zero-order chi connectivity index (χ0) is 30.8. The Morgan fingerprint density at radius 2 is 1.86 bits per heavy atom. The summed E-state index contributed by atoms with van der Waals surface area (Å²) in [6.45, 7) is 12.1. The number of nitrogens with zero attached hydrogens (tertiary/aromatic N) is 2. The second-order valence-electron chi connectivity index (χ2n) is 12.9. The molecule has 8 heteroatoms. The molecule has 4 rings (SSSR count). The van der Waals surface area contributed by atoms with Crippen LogP contribution in [0.2, 0.25) is 0 Å². The van der Waals surface area contributed by atoms with Crippen molar-refractivity contribution >= 4 is 11.6 Å².